The number of carbonyl (C=O) groups is 2. The summed E-state index contributed by atoms with van der Waals surface area (Å²) in [4.78, 5) is 26.2. The number of hydrogen-bond acceptors (Lipinski definition) is 5. The van der Waals surface area contributed by atoms with Crippen molar-refractivity contribution in [1.82, 2.24) is 4.90 Å². The molecule has 0 heterocycles. The Balaban J connectivity index is 2.12. The number of ether oxygens (including phenoxy) is 3. The minimum atomic E-state index is -0.599. The Morgan fingerprint density at radius 3 is 2.03 bits per heavy atom. The van der Waals surface area contributed by atoms with Gasteiger partial charge in [0.25, 0.3) is 5.91 Å². The minimum Gasteiger partial charge on any atom is -0.497 e. The lowest BCUT2D eigenvalue weighted by Gasteiger charge is -2.23. The van der Waals surface area contributed by atoms with E-state index >= 15 is 0 Å². The number of carbonyl (C=O) groups excluding carboxylic acids is 2. The van der Waals surface area contributed by atoms with E-state index in [0.717, 1.165) is 0 Å². The minimum absolute atomic E-state index is 0.00800. The Bertz CT molecular complexity index is 877. The molecule has 1 amide bonds. The van der Waals surface area contributed by atoms with Crippen LogP contribution in [0, 0.1) is 11.6 Å². The first-order valence-corrected chi connectivity index (χ1v) is 10.4. The molecule has 0 N–H and O–H groups in total. The van der Waals surface area contributed by atoms with Gasteiger partial charge in [-0.25, -0.2) is 8.78 Å². The molecule has 2 rings (SSSR count). The molecular weight excluding hydrogens is 420 g/mol. The number of rotatable bonds is 12. The first kappa shape index (κ1) is 25.1. The average Bonchev–Trinajstić information content (AvgIpc) is 2.81. The van der Waals surface area contributed by atoms with Crippen molar-refractivity contribution >= 4 is 11.9 Å². The van der Waals surface area contributed by atoms with Crippen LogP contribution in [-0.2, 0) is 16.0 Å². The van der Waals surface area contributed by atoms with Gasteiger partial charge in [-0.15, -0.1) is 0 Å². The Labute approximate surface area is 187 Å². The van der Waals surface area contributed by atoms with Gasteiger partial charge in [0, 0.05) is 36.7 Å². The molecule has 0 bridgehead atoms. The highest BCUT2D eigenvalue weighted by Gasteiger charge is 2.18. The van der Waals surface area contributed by atoms with Crippen LogP contribution >= 0.6 is 0 Å². The lowest BCUT2D eigenvalue weighted by Crippen LogP contribution is -2.33. The summed E-state index contributed by atoms with van der Waals surface area (Å²) in [6.45, 7) is 0.680. The maximum Gasteiger partial charge on any atom is 0.305 e. The van der Waals surface area contributed by atoms with Crippen molar-refractivity contribution in [2.24, 2.45) is 0 Å². The number of unbranched alkanes of at least 4 members (excludes halogenated alkanes) is 1. The normalized spacial score (nSPS) is 10.5. The molecule has 0 aliphatic heterocycles. The summed E-state index contributed by atoms with van der Waals surface area (Å²) >= 11 is 0. The molecule has 0 atom stereocenters. The monoisotopic (exact) mass is 449 g/mol. The molecule has 2 aromatic rings. The van der Waals surface area contributed by atoms with Gasteiger partial charge in [0.2, 0.25) is 0 Å². The predicted octanol–water partition coefficient (Wildman–Crippen LogP) is 4.40. The van der Waals surface area contributed by atoms with Crippen LogP contribution in [0.5, 0.6) is 11.5 Å². The highest BCUT2D eigenvalue weighted by Crippen LogP contribution is 2.24. The second-order valence-electron chi connectivity index (χ2n) is 7.23. The fourth-order valence-corrected chi connectivity index (χ4v) is 3.32. The summed E-state index contributed by atoms with van der Waals surface area (Å²) in [7, 11) is 4.32. The summed E-state index contributed by atoms with van der Waals surface area (Å²) in [5, 5.41) is 0. The molecule has 2 aromatic carbocycles. The van der Waals surface area contributed by atoms with Crippen molar-refractivity contribution in [2.45, 2.75) is 32.1 Å². The molecule has 0 radical (unpaired) electrons. The Morgan fingerprint density at radius 1 is 0.875 bits per heavy atom. The fraction of sp³-hybridized carbons (Fsp3) is 0.417. The van der Waals surface area contributed by atoms with Crippen LogP contribution in [-0.4, -0.2) is 51.2 Å². The lowest BCUT2D eigenvalue weighted by atomic mass is 10.1. The fourth-order valence-electron chi connectivity index (χ4n) is 3.32. The average molecular weight is 449 g/mol. The zero-order chi connectivity index (χ0) is 23.5. The van der Waals surface area contributed by atoms with Crippen LogP contribution in [0.4, 0.5) is 8.78 Å². The first-order chi connectivity index (χ1) is 15.4. The van der Waals surface area contributed by atoms with Gasteiger partial charge in [0.1, 0.15) is 23.1 Å². The number of esters is 1. The third kappa shape index (κ3) is 7.21. The van der Waals surface area contributed by atoms with E-state index in [-0.39, 0.29) is 30.3 Å². The van der Waals surface area contributed by atoms with E-state index in [0.29, 0.717) is 49.4 Å². The van der Waals surface area contributed by atoms with Gasteiger partial charge in [0.05, 0.1) is 21.3 Å². The Morgan fingerprint density at radius 2 is 1.47 bits per heavy atom. The smallest absolute Gasteiger partial charge is 0.305 e. The van der Waals surface area contributed by atoms with Crippen molar-refractivity contribution in [2.75, 3.05) is 34.4 Å². The number of methoxy groups -OCH3 is 3. The van der Waals surface area contributed by atoms with Crippen molar-refractivity contribution in [3.8, 4) is 11.5 Å². The highest BCUT2D eigenvalue weighted by molar-refractivity contribution is 5.95. The SMILES string of the molecule is COC(=O)CCCCN(CCCc1c(F)cccc1F)C(=O)c1cc(OC)cc(OC)c1. The molecule has 0 aliphatic carbocycles. The molecule has 0 saturated heterocycles. The maximum absolute atomic E-state index is 13.9. The third-order valence-corrected chi connectivity index (χ3v) is 5.09. The summed E-state index contributed by atoms with van der Waals surface area (Å²) < 4.78 is 43.0. The van der Waals surface area contributed by atoms with E-state index in [1.807, 2.05) is 0 Å². The number of amides is 1. The molecule has 0 spiro atoms. The van der Waals surface area contributed by atoms with Crippen LogP contribution in [0.15, 0.2) is 36.4 Å². The standard InChI is InChI=1S/C24H29F2NO5/c1-30-18-14-17(15-19(16-18)31-2)24(29)27(12-5-4-11-23(28)32-3)13-7-8-20-21(25)9-6-10-22(20)26/h6,9-10,14-16H,4-5,7-8,11-13H2,1-3H3. The topological polar surface area (TPSA) is 65.1 Å². The van der Waals surface area contributed by atoms with E-state index in [2.05, 4.69) is 4.74 Å². The van der Waals surface area contributed by atoms with Crippen molar-refractivity contribution in [1.29, 1.82) is 0 Å². The van der Waals surface area contributed by atoms with Crippen LogP contribution in [0.25, 0.3) is 0 Å². The summed E-state index contributed by atoms with van der Waals surface area (Å²) in [5.74, 6) is -0.805. The molecule has 8 heteroatoms. The Kier molecular flexibility index (Phi) is 9.91. The quantitative estimate of drug-likeness (QED) is 0.355. The molecule has 0 aromatic heterocycles. The first-order valence-electron chi connectivity index (χ1n) is 10.4. The second kappa shape index (κ2) is 12.6. The zero-order valence-electron chi connectivity index (χ0n) is 18.7. The molecular formula is C24H29F2NO5. The molecule has 6 nitrogen and oxygen atoms in total. The highest BCUT2D eigenvalue weighted by atomic mass is 19.1. The van der Waals surface area contributed by atoms with Crippen LogP contribution in [0.1, 0.15) is 41.6 Å². The summed E-state index contributed by atoms with van der Waals surface area (Å²) in [6, 6.07) is 8.65. The number of hydrogen-bond donors (Lipinski definition) is 0. The van der Waals surface area contributed by atoms with Crippen LogP contribution in [0.2, 0.25) is 0 Å². The Hall–Kier alpha value is -3.16. The molecule has 0 fully saturated rings. The van der Waals surface area contributed by atoms with Gasteiger partial charge >= 0.3 is 5.97 Å². The maximum atomic E-state index is 13.9. The zero-order valence-corrected chi connectivity index (χ0v) is 18.7. The molecule has 174 valence electrons. The van der Waals surface area contributed by atoms with Crippen LogP contribution in [0.3, 0.4) is 0 Å². The van der Waals surface area contributed by atoms with E-state index in [4.69, 9.17) is 9.47 Å². The second-order valence-corrected chi connectivity index (χ2v) is 7.23. The van der Waals surface area contributed by atoms with Gasteiger partial charge in [-0.05, 0) is 49.9 Å². The summed E-state index contributed by atoms with van der Waals surface area (Å²) in [5.41, 5.74) is 0.389. The summed E-state index contributed by atoms with van der Waals surface area (Å²) in [6.07, 6.45) is 1.93. The van der Waals surface area contributed by atoms with Gasteiger partial charge in [-0.1, -0.05) is 6.07 Å². The lowest BCUT2D eigenvalue weighted by molar-refractivity contribution is -0.140. The third-order valence-electron chi connectivity index (χ3n) is 5.09. The predicted molar refractivity (Wildman–Crippen MR) is 116 cm³/mol. The van der Waals surface area contributed by atoms with Gasteiger partial charge in [0.15, 0.2) is 0 Å². The van der Waals surface area contributed by atoms with E-state index in [1.165, 1.54) is 39.5 Å². The largest absolute Gasteiger partial charge is 0.497 e. The van der Waals surface area contributed by atoms with Crippen molar-refractivity contribution in [3.05, 3.63) is 59.2 Å². The van der Waals surface area contributed by atoms with Gasteiger partial charge in [-0.3, -0.25) is 9.59 Å². The van der Waals surface area contributed by atoms with Crippen molar-refractivity contribution in [3.63, 3.8) is 0 Å². The number of halogens is 2. The van der Waals surface area contributed by atoms with E-state index in [1.54, 1.807) is 23.1 Å². The number of benzene rings is 2. The van der Waals surface area contributed by atoms with E-state index < -0.39 is 11.6 Å². The van der Waals surface area contributed by atoms with E-state index in [9.17, 15) is 18.4 Å². The molecule has 32 heavy (non-hydrogen) atoms. The molecule has 0 saturated carbocycles. The van der Waals surface area contributed by atoms with Crippen LogP contribution < -0.4 is 9.47 Å². The van der Waals surface area contributed by atoms with Gasteiger partial charge in [-0.2, -0.15) is 0 Å². The molecule has 0 unspecified atom stereocenters. The molecule has 0 aliphatic rings. The van der Waals surface area contributed by atoms with Gasteiger partial charge < -0.3 is 19.1 Å². The van der Waals surface area contributed by atoms with Crippen molar-refractivity contribution < 1.29 is 32.6 Å². The number of nitrogens with zero attached hydrogens (tertiary/aromatic N) is 1.